The highest BCUT2D eigenvalue weighted by molar-refractivity contribution is 5.61. The fraction of sp³-hybridized carbons (Fsp3) is 0.750. The van der Waals surface area contributed by atoms with E-state index in [1.165, 1.54) is 115 Å². The number of anilines is 1. The summed E-state index contributed by atoms with van der Waals surface area (Å²) >= 11 is 0. The summed E-state index contributed by atoms with van der Waals surface area (Å²) in [5.41, 5.74) is 13.6. The van der Waals surface area contributed by atoms with Gasteiger partial charge in [-0.2, -0.15) is 0 Å². The molecule has 12 fully saturated rings. The maximum absolute atomic E-state index is 10.9. The Morgan fingerprint density at radius 2 is 1.10 bits per heavy atom. The molecule has 2 aromatic carbocycles. The van der Waals surface area contributed by atoms with E-state index < -0.39 is 0 Å². The summed E-state index contributed by atoms with van der Waals surface area (Å²) in [6.45, 7) is 15.9. The van der Waals surface area contributed by atoms with E-state index in [1.807, 2.05) is 6.07 Å². The lowest BCUT2D eigenvalue weighted by molar-refractivity contribution is -0.274. The lowest BCUT2D eigenvalue weighted by Crippen LogP contribution is -2.69. The van der Waals surface area contributed by atoms with Gasteiger partial charge in [-0.1, -0.05) is 53.7 Å². The first-order chi connectivity index (χ1) is 23.9. The highest BCUT2D eigenvalue weighted by Gasteiger charge is 2.74. The molecule has 3 heteroatoms. The van der Waals surface area contributed by atoms with E-state index in [0.717, 1.165) is 29.3 Å². The maximum atomic E-state index is 10.9. The number of nitrogen functional groups attached to an aromatic ring is 1. The molecule has 0 amide bonds. The molecule has 2 aromatic rings. The van der Waals surface area contributed by atoms with Gasteiger partial charge in [0.2, 0.25) is 0 Å². The number of hydrogen-bond donors (Lipinski definition) is 2. The largest absolute Gasteiger partial charge is 0.506 e. The zero-order chi connectivity index (χ0) is 35.2. The first kappa shape index (κ1) is 32.3. The van der Waals surface area contributed by atoms with Crippen molar-refractivity contribution in [1.82, 2.24) is 0 Å². The standard InChI is InChI=1S/C48H65NO2/c1-40-13-30-14-41(2,21-40)25-46(17-30,24-40)35-11-36(49)37(50)12-38(35)51-34-9-7-32(8-10-34)39-33-19-44(5)23-45(6,20-33)29-48(39,28-44)47-18-31-15-42(3,26-47)22-43(4,16-31)27-47/h7-12,30-31,33,39,50H,13-29,49H2,1-6H3. The molecule has 0 heterocycles. The smallest absolute Gasteiger partial charge is 0.142 e. The second kappa shape index (κ2) is 9.37. The molecule has 0 spiro atoms. The number of nitrogens with two attached hydrogens (primary N) is 1. The van der Waals surface area contributed by atoms with Crippen LogP contribution in [0.15, 0.2) is 36.4 Å². The maximum Gasteiger partial charge on any atom is 0.142 e. The number of phenols is 1. The molecule has 14 rings (SSSR count). The molecule has 51 heavy (non-hydrogen) atoms. The SMILES string of the molecule is CC12CC3CC(C)(C1)CC(c1cc(N)c(O)cc1Oc1ccc(C4C5CC6(C)CC(C)(C5)CC4(C45CC7CC(C)(CC(C)(C7)C4)C5)C6)cc1)(C3)C2. The predicted octanol–water partition coefficient (Wildman–Crippen LogP) is 12.7. The molecule has 12 bridgehead atoms. The van der Waals surface area contributed by atoms with Crippen LogP contribution < -0.4 is 10.5 Å². The minimum absolute atomic E-state index is 0.0735. The van der Waals surface area contributed by atoms with Crippen molar-refractivity contribution in [2.24, 2.45) is 61.1 Å². The lowest BCUT2D eigenvalue weighted by Gasteiger charge is -2.78. The molecule has 3 nitrogen and oxygen atoms in total. The van der Waals surface area contributed by atoms with Crippen molar-refractivity contribution in [1.29, 1.82) is 0 Å². The molecule has 0 aromatic heterocycles. The first-order valence-electron chi connectivity index (χ1n) is 21.3. The van der Waals surface area contributed by atoms with Gasteiger partial charge in [-0.3, -0.25) is 0 Å². The fourth-order valence-corrected chi connectivity index (χ4v) is 20.3. The second-order valence-electron chi connectivity index (χ2n) is 24.4. The molecule has 7 atom stereocenters. The predicted molar refractivity (Wildman–Crippen MR) is 206 cm³/mol. The summed E-state index contributed by atoms with van der Waals surface area (Å²) < 4.78 is 6.93. The minimum Gasteiger partial charge on any atom is -0.506 e. The Kier molecular flexibility index (Phi) is 5.93. The van der Waals surface area contributed by atoms with Crippen LogP contribution in [0.25, 0.3) is 0 Å². The van der Waals surface area contributed by atoms with E-state index in [2.05, 4.69) is 71.9 Å². The van der Waals surface area contributed by atoms with Crippen LogP contribution in [0.5, 0.6) is 17.2 Å². The highest BCUT2D eigenvalue weighted by atomic mass is 16.5. The number of rotatable bonds is 5. The van der Waals surface area contributed by atoms with Gasteiger partial charge in [-0.05, 0) is 200 Å². The first-order valence-corrected chi connectivity index (χ1v) is 21.3. The monoisotopic (exact) mass is 688 g/mol. The summed E-state index contributed by atoms with van der Waals surface area (Å²) in [4.78, 5) is 0. The topological polar surface area (TPSA) is 55.5 Å². The molecule has 12 aliphatic carbocycles. The van der Waals surface area contributed by atoms with Gasteiger partial charge in [-0.25, -0.2) is 0 Å². The second-order valence-corrected chi connectivity index (χ2v) is 24.4. The molecular formula is C48H65NO2. The van der Waals surface area contributed by atoms with Gasteiger partial charge in [-0.15, -0.1) is 0 Å². The van der Waals surface area contributed by atoms with E-state index in [-0.39, 0.29) is 11.2 Å². The van der Waals surface area contributed by atoms with E-state index in [9.17, 15) is 5.11 Å². The molecule has 3 N–H and O–H groups in total. The zero-order valence-electron chi connectivity index (χ0n) is 32.7. The van der Waals surface area contributed by atoms with E-state index >= 15 is 0 Å². The fourth-order valence-electron chi connectivity index (χ4n) is 20.3. The van der Waals surface area contributed by atoms with Gasteiger partial charge in [0, 0.05) is 17.0 Å². The van der Waals surface area contributed by atoms with Crippen LogP contribution in [0.3, 0.4) is 0 Å². The molecule has 7 unspecified atom stereocenters. The molecule has 12 aliphatic rings. The zero-order valence-corrected chi connectivity index (χ0v) is 32.7. The number of hydrogen-bond acceptors (Lipinski definition) is 3. The molecular weight excluding hydrogens is 623 g/mol. The van der Waals surface area contributed by atoms with Crippen LogP contribution >= 0.6 is 0 Å². The van der Waals surface area contributed by atoms with Crippen LogP contribution in [0.2, 0.25) is 0 Å². The van der Waals surface area contributed by atoms with Crippen LogP contribution in [-0.2, 0) is 5.41 Å². The number of ether oxygens (including phenoxy) is 1. The number of phenolic OH excluding ortho intramolecular Hbond substituents is 1. The van der Waals surface area contributed by atoms with Crippen molar-refractivity contribution < 1.29 is 9.84 Å². The van der Waals surface area contributed by atoms with Crippen molar-refractivity contribution >= 4 is 5.69 Å². The molecule has 12 saturated carbocycles. The van der Waals surface area contributed by atoms with Crippen molar-refractivity contribution in [2.45, 2.75) is 162 Å². The van der Waals surface area contributed by atoms with Crippen LogP contribution in [0.1, 0.15) is 168 Å². The third-order valence-corrected chi connectivity index (χ3v) is 18.4. The third kappa shape index (κ3) is 4.42. The van der Waals surface area contributed by atoms with Crippen molar-refractivity contribution in [2.75, 3.05) is 5.73 Å². The summed E-state index contributed by atoms with van der Waals surface area (Å²) in [5.74, 6) is 5.02. The Balaban J connectivity index is 0.966. The van der Waals surface area contributed by atoms with Crippen molar-refractivity contribution in [3.05, 3.63) is 47.5 Å². The average Bonchev–Trinajstić information content (AvgIpc) is 2.94. The Bertz CT molecular complexity index is 1790. The third-order valence-electron chi connectivity index (χ3n) is 18.4. The van der Waals surface area contributed by atoms with Gasteiger partial charge in [0.05, 0.1) is 5.69 Å². The summed E-state index contributed by atoms with van der Waals surface area (Å²) in [6.07, 6.45) is 23.7. The van der Waals surface area contributed by atoms with Gasteiger partial charge >= 0.3 is 0 Å². The van der Waals surface area contributed by atoms with Gasteiger partial charge in [0.25, 0.3) is 0 Å². The lowest BCUT2D eigenvalue weighted by atomic mass is 9.26. The Morgan fingerprint density at radius 1 is 0.588 bits per heavy atom. The summed E-state index contributed by atoms with van der Waals surface area (Å²) in [7, 11) is 0. The summed E-state index contributed by atoms with van der Waals surface area (Å²) in [5, 5.41) is 10.9. The summed E-state index contributed by atoms with van der Waals surface area (Å²) in [6, 6.07) is 13.5. The quantitative estimate of drug-likeness (QED) is 0.243. The minimum atomic E-state index is 0.0735. The van der Waals surface area contributed by atoms with E-state index in [4.69, 9.17) is 10.5 Å². The van der Waals surface area contributed by atoms with Gasteiger partial charge in [0.1, 0.15) is 17.2 Å². The van der Waals surface area contributed by atoms with Crippen LogP contribution in [0.4, 0.5) is 5.69 Å². The number of benzene rings is 2. The van der Waals surface area contributed by atoms with E-state index in [1.54, 1.807) is 5.56 Å². The van der Waals surface area contributed by atoms with Crippen molar-refractivity contribution in [3.8, 4) is 17.2 Å². The molecule has 0 saturated heterocycles. The van der Waals surface area contributed by atoms with E-state index in [0.29, 0.717) is 54.9 Å². The number of aromatic hydroxyl groups is 1. The average molecular weight is 688 g/mol. The van der Waals surface area contributed by atoms with Crippen LogP contribution in [-0.4, -0.2) is 5.11 Å². The van der Waals surface area contributed by atoms with Crippen LogP contribution in [0, 0.1) is 61.1 Å². The molecule has 274 valence electrons. The molecule has 0 aliphatic heterocycles. The normalized spacial score (nSPS) is 54.0. The Labute approximate surface area is 308 Å². The van der Waals surface area contributed by atoms with Gasteiger partial charge in [0.15, 0.2) is 0 Å². The van der Waals surface area contributed by atoms with Gasteiger partial charge < -0.3 is 15.6 Å². The van der Waals surface area contributed by atoms with Crippen molar-refractivity contribution in [3.63, 3.8) is 0 Å². The highest BCUT2D eigenvalue weighted by Crippen LogP contribution is 2.84. The Morgan fingerprint density at radius 3 is 1.63 bits per heavy atom. The Hall–Kier alpha value is -2.16. The molecule has 0 radical (unpaired) electrons.